The standard InChI is InChI=1S/C27H27N5O/c1-2-23(33)17-19-8-6-9-20(16-19)25-24-12-13-28-26(24)31-27(30-25)29-21-10-7-11-22(18-21)32-14-4-3-5-15-32/h2,6-13,16,18H,1,3-5,14-15,17H2,(H2,28,29,30,31). The first-order valence-corrected chi connectivity index (χ1v) is 11.4. The van der Waals surface area contributed by atoms with Crippen molar-refractivity contribution < 1.29 is 4.79 Å². The first-order valence-electron chi connectivity index (χ1n) is 11.4. The Bertz CT molecular complexity index is 1300. The zero-order chi connectivity index (χ0) is 22.6. The topological polar surface area (TPSA) is 73.9 Å². The highest BCUT2D eigenvalue weighted by atomic mass is 16.1. The zero-order valence-corrected chi connectivity index (χ0v) is 18.6. The number of carbonyl (C=O) groups excluding carboxylic acids is 1. The van der Waals surface area contributed by atoms with Gasteiger partial charge in [0.15, 0.2) is 5.78 Å². The number of nitrogens with one attached hydrogen (secondary N) is 2. The fourth-order valence-corrected chi connectivity index (χ4v) is 4.38. The van der Waals surface area contributed by atoms with Crippen molar-refractivity contribution >= 4 is 34.1 Å². The number of aromatic nitrogens is 3. The lowest BCUT2D eigenvalue weighted by Gasteiger charge is -2.29. The molecule has 0 atom stereocenters. The van der Waals surface area contributed by atoms with Gasteiger partial charge in [0.25, 0.3) is 0 Å². The minimum absolute atomic E-state index is 0.00225. The number of carbonyl (C=O) groups is 1. The van der Waals surface area contributed by atoms with Gasteiger partial charge in [-0.25, -0.2) is 4.98 Å². The summed E-state index contributed by atoms with van der Waals surface area (Å²) < 4.78 is 0. The molecule has 2 aromatic heterocycles. The fourth-order valence-electron chi connectivity index (χ4n) is 4.38. The van der Waals surface area contributed by atoms with E-state index in [1.807, 2.05) is 42.6 Å². The van der Waals surface area contributed by atoms with E-state index in [2.05, 4.69) is 45.0 Å². The van der Waals surface area contributed by atoms with Crippen LogP contribution in [0, 0.1) is 0 Å². The molecule has 0 radical (unpaired) electrons. The molecule has 1 saturated heterocycles. The molecule has 1 fully saturated rings. The van der Waals surface area contributed by atoms with Crippen LogP contribution >= 0.6 is 0 Å². The lowest BCUT2D eigenvalue weighted by Crippen LogP contribution is -2.29. The maximum Gasteiger partial charge on any atom is 0.229 e. The number of benzene rings is 2. The number of hydrogen-bond acceptors (Lipinski definition) is 5. The molecule has 4 aromatic rings. The SMILES string of the molecule is C=CC(=O)Cc1cccc(-c2nc(Nc3cccc(N4CCCCC4)c3)nc3[nH]ccc23)c1. The molecular weight excluding hydrogens is 410 g/mol. The molecule has 0 unspecified atom stereocenters. The largest absolute Gasteiger partial charge is 0.371 e. The second-order valence-electron chi connectivity index (χ2n) is 8.41. The van der Waals surface area contributed by atoms with E-state index in [1.54, 1.807) is 0 Å². The normalized spacial score (nSPS) is 13.8. The Balaban J connectivity index is 1.47. The fraction of sp³-hybridized carbons (Fsp3) is 0.222. The average Bonchev–Trinajstić information content (AvgIpc) is 3.33. The predicted octanol–water partition coefficient (Wildman–Crippen LogP) is 5.66. The van der Waals surface area contributed by atoms with E-state index in [-0.39, 0.29) is 5.78 Å². The van der Waals surface area contributed by atoms with Gasteiger partial charge in [-0.1, -0.05) is 30.8 Å². The Labute approximate surface area is 193 Å². The summed E-state index contributed by atoms with van der Waals surface area (Å²) in [6, 6.07) is 18.3. The first kappa shape index (κ1) is 20.9. The number of nitrogens with zero attached hydrogens (tertiary/aromatic N) is 3. The van der Waals surface area contributed by atoms with E-state index in [0.717, 1.165) is 46.6 Å². The van der Waals surface area contributed by atoms with Crippen LogP contribution in [0.3, 0.4) is 0 Å². The molecule has 0 bridgehead atoms. The van der Waals surface area contributed by atoms with Gasteiger partial charge in [-0.15, -0.1) is 0 Å². The Morgan fingerprint density at radius 2 is 1.91 bits per heavy atom. The van der Waals surface area contributed by atoms with Crippen LogP contribution in [0.2, 0.25) is 0 Å². The number of piperidine rings is 1. The number of fused-ring (bicyclic) bond motifs is 1. The molecule has 6 nitrogen and oxygen atoms in total. The van der Waals surface area contributed by atoms with Gasteiger partial charge in [0, 0.05) is 48.0 Å². The number of rotatable bonds is 7. The van der Waals surface area contributed by atoms with Crippen molar-refractivity contribution in [3.8, 4) is 11.3 Å². The number of ketones is 1. The number of allylic oxidation sites excluding steroid dienone is 1. The maximum absolute atomic E-state index is 11.8. The molecule has 166 valence electrons. The quantitative estimate of drug-likeness (QED) is 0.365. The second kappa shape index (κ2) is 9.28. The third-order valence-electron chi connectivity index (χ3n) is 6.05. The third-order valence-corrected chi connectivity index (χ3v) is 6.05. The van der Waals surface area contributed by atoms with E-state index < -0.39 is 0 Å². The van der Waals surface area contributed by atoms with Crippen LogP contribution in [-0.2, 0) is 11.2 Å². The summed E-state index contributed by atoms with van der Waals surface area (Å²) in [5.41, 5.74) is 5.65. The van der Waals surface area contributed by atoms with E-state index in [1.165, 1.54) is 31.0 Å². The Morgan fingerprint density at radius 1 is 1.06 bits per heavy atom. The Kier molecular flexibility index (Phi) is 5.89. The molecule has 0 aliphatic carbocycles. The molecule has 1 aliphatic rings. The van der Waals surface area contributed by atoms with Crippen LogP contribution in [0.1, 0.15) is 24.8 Å². The van der Waals surface area contributed by atoms with Gasteiger partial charge in [-0.2, -0.15) is 4.98 Å². The highest BCUT2D eigenvalue weighted by molar-refractivity contribution is 5.93. The van der Waals surface area contributed by atoms with E-state index in [9.17, 15) is 4.79 Å². The summed E-state index contributed by atoms with van der Waals surface area (Å²) in [5.74, 6) is 0.529. The average molecular weight is 438 g/mol. The van der Waals surface area contributed by atoms with Gasteiger partial charge in [-0.05, 0) is 61.2 Å². The van der Waals surface area contributed by atoms with Gasteiger partial charge < -0.3 is 15.2 Å². The highest BCUT2D eigenvalue weighted by Crippen LogP contribution is 2.29. The number of anilines is 3. The lowest BCUT2D eigenvalue weighted by atomic mass is 10.0. The van der Waals surface area contributed by atoms with Gasteiger partial charge >= 0.3 is 0 Å². The van der Waals surface area contributed by atoms with Crippen molar-refractivity contribution in [1.82, 2.24) is 15.0 Å². The predicted molar refractivity (Wildman–Crippen MR) is 134 cm³/mol. The smallest absolute Gasteiger partial charge is 0.229 e. The van der Waals surface area contributed by atoms with E-state index in [4.69, 9.17) is 4.98 Å². The lowest BCUT2D eigenvalue weighted by molar-refractivity contribution is -0.114. The van der Waals surface area contributed by atoms with E-state index >= 15 is 0 Å². The van der Waals surface area contributed by atoms with Crippen LogP contribution in [0.15, 0.2) is 73.4 Å². The molecule has 3 heterocycles. The van der Waals surface area contributed by atoms with Gasteiger partial charge in [0.2, 0.25) is 5.95 Å². The van der Waals surface area contributed by atoms with Gasteiger partial charge in [0.05, 0.1) is 5.69 Å². The van der Waals surface area contributed by atoms with Crippen molar-refractivity contribution in [3.05, 3.63) is 79.0 Å². The second-order valence-corrected chi connectivity index (χ2v) is 8.41. The van der Waals surface area contributed by atoms with Gasteiger partial charge in [-0.3, -0.25) is 4.79 Å². The van der Waals surface area contributed by atoms with Crippen LogP contribution in [-0.4, -0.2) is 33.8 Å². The maximum atomic E-state index is 11.8. The molecular formula is C27H27N5O. The molecule has 0 saturated carbocycles. The molecule has 2 N–H and O–H groups in total. The Hall–Kier alpha value is -3.93. The van der Waals surface area contributed by atoms with Crippen LogP contribution in [0.5, 0.6) is 0 Å². The first-order chi connectivity index (χ1) is 16.2. The van der Waals surface area contributed by atoms with Crippen molar-refractivity contribution in [1.29, 1.82) is 0 Å². The molecule has 33 heavy (non-hydrogen) atoms. The van der Waals surface area contributed by atoms with Crippen LogP contribution in [0.4, 0.5) is 17.3 Å². The van der Waals surface area contributed by atoms with Crippen molar-refractivity contribution in [2.24, 2.45) is 0 Å². The molecule has 6 heteroatoms. The minimum atomic E-state index is -0.00225. The third kappa shape index (κ3) is 4.65. The molecule has 1 aliphatic heterocycles. The van der Waals surface area contributed by atoms with Crippen molar-refractivity contribution in [2.45, 2.75) is 25.7 Å². The number of aromatic amines is 1. The molecule has 0 spiro atoms. The Morgan fingerprint density at radius 3 is 2.76 bits per heavy atom. The molecule has 0 amide bonds. The number of hydrogen-bond donors (Lipinski definition) is 2. The summed E-state index contributed by atoms with van der Waals surface area (Å²) in [6.07, 6.45) is 7.35. The number of H-pyrrole nitrogens is 1. The summed E-state index contributed by atoms with van der Waals surface area (Å²) in [7, 11) is 0. The molecule has 2 aromatic carbocycles. The van der Waals surface area contributed by atoms with Crippen LogP contribution in [0.25, 0.3) is 22.3 Å². The van der Waals surface area contributed by atoms with E-state index in [0.29, 0.717) is 12.4 Å². The van der Waals surface area contributed by atoms with Crippen molar-refractivity contribution in [2.75, 3.05) is 23.3 Å². The summed E-state index contributed by atoms with van der Waals surface area (Å²) >= 11 is 0. The van der Waals surface area contributed by atoms with Crippen molar-refractivity contribution in [3.63, 3.8) is 0 Å². The molecule has 5 rings (SSSR count). The summed E-state index contributed by atoms with van der Waals surface area (Å²) in [4.78, 5) is 27.0. The minimum Gasteiger partial charge on any atom is -0.371 e. The summed E-state index contributed by atoms with van der Waals surface area (Å²) in [5, 5.41) is 4.33. The van der Waals surface area contributed by atoms with Crippen LogP contribution < -0.4 is 10.2 Å². The summed E-state index contributed by atoms with van der Waals surface area (Å²) in [6.45, 7) is 5.77. The van der Waals surface area contributed by atoms with Gasteiger partial charge in [0.1, 0.15) is 5.65 Å². The highest BCUT2D eigenvalue weighted by Gasteiger charge is 2.14. The monoisotopic (exact) mass is 437 g/mol. The zero-order valence-electron chi connectivity index (χ0n) is 18.6.